The third-order valence-corrected chi connectivity index (χ3v) is 3.84. The molecule has 0 aliphatic rings. The molecular formula is C15H22OSi. The number of allylic oxidation sites excluding steroid dienone is 3. The molecule has 0 N–H and O–H groups in total. The minimum atomic E-state index is -0.936. The SMILES string of the molecule is COc1ccc(/C=C/C=C\C[Si](C)(C)C)cc1. The van der Waals surface area contributed by atoms with Crippen molar-refractivity contribution in [1.82, 2.24) is 0 Å². The second-order valence-corrected chi connectivity index (χ2v) is 10.9. The molecule has 1 aromatic carbocycles. The van der Waals surface area contributed by atoms with Gasteiger partial charge in [-0.3, -0.25) is 0 Å². The van der Waals surface area contributed by atoms with Gasteiger partial charge in [0.15, 0.2) is 0 Å². The third kappa shape index (κ3) is 6.12. The van der Waals surface area contributed by atoms with E-state index in [1.54, 1.807) is 7.11 Å². The molecule has 0 radical (unpaired) electrons. The molecule has 2 heteroatoms. The molecular weight excluding hydrogens is 224 g/mol. The van der Waals surface area contributed by atoms with Crippen molar-refractivity contribution in [3.63, 3.8) is 0 Å². The zero-order chi connectivity index (χ0) is 12.7. The maximum Gasteiger partial charge on any atom is 0.118 e. The molecule has 0 aliphatic carbocycles. The topological polar surface area (TPSA) is 9.23 Å². The Morgan fingerprint density at radius 3 is 2.24 bits per heavy atom. The van der Waals surface area contributed by atoms with Crippen LogP contribution in [-0.2, 0) is 0 Å². The molecule has 1 nitrogen and oxygen atoms in total. The zero-order valence-corrected chi connectivity index (χ0v) is 12.2. The van der Waals surface area contributed by atoms with Gasteiger partial charge in [0.05, 0.1) is 7.11 Å². The average Bonchev–Trinajstić information content (AvgIpc) is 2.28. The molecule has 0 aliphatic heterocycles. The lowest BCUT2D eigenvalue weighted by Gasteiger charge is -2.10. The molecule has 1 rings (SSSR count). The van der Waals surface area contributed by atoms with Crippen LogP contribution in [0.2, 0.25) is 25.7 Å². The molecule has 0 bridgehead atoms. The van der Waals surface area contributed by atoms with Gasteiger partial charge >= 0.3 is 0 Å². The molecule has 0 fully saturated rings. The first-order valence-electron chi connectivity index (χ1n) is 5.98. The standard InChI is InChI=1S/C15H22OSi/c1-16-15-11-9-14(10-12-15)8-6-5-7-13-17(2,3)4/h5-12H,13H2,1-4H3/b7-5-,8-6+. The first kappa shape index (κ1) is 13.8. The van der Waals surface area contributed by atoms with Gasteiger partial charge < -0.3 is 4.74 Å². The second-order valence-electron chi connectivity index (χ2n) is 5.33. The van der Waals surface area contributed by atoms with E-state index < -0.39 is 8.07 Å². The molecule has 0 amide bonds. The van der Waals surface area contributed by atoms with Crippen LogP contribution in [0.3, 0.4) is 0 Å². The minimum absolute atomic E-state index is 0.899. The maximum absolute atomic E-state index is 5.12. The van der Waals surface area contributed by atoms with Crippen LogP contribution >= 0.6 is 0 Å². The number of ether oxygens (including phenoxy) is 1. The average molecular weight is 246 g/mol. The molecule has 0 aromatic heterocycles. The molecule has 0 heterocycles. The van der Waals surface area contributed by atoms with Gasteiger partial charge in [0.25, 0.3) is 0 Å². The highest BCUT2D eigenvalue weighted by atomic mass is 28.3. The van der Waals surface area contributed by atoms with Crippen LogP contribution in [0.15, 0.2) is 42.5 Å². The summed E-state index contributed by atoms with van der Waals surface area (Å²) in [5.74, 6) is 0.899. The summed E-state index contributed by atoms with van der Waals surface area (Å²) in [4.78, 5) is 0. The Hall–Kier alpha value is -1.28. The highest BCUT2D eigenvalue weighted by Gasteiger charge is 2.08. The first-order chi connectivity index (χ1) is 8.01. The summed E-state index contributed by atoms with van der Waals surface area (Å²) in [5.41, 5.74) is 1.20. The Labute approximate surface area is 106 Å². The van der Waals surface area contributed by atoms with Crippen LogP contribution in [0, 0.1) is 0 Å². The van der Waals surface area contributed by atoms with Gasteiger partial charge in [0.1, 0.15) is 5.75 Å². The normalized spacial score (nSPS) is 12.5. The lowest BCUT2D eigenvalue weighted by Crippen LogP contribution is -2.17. The van der Waals surface area contributed by atoms with Crippen LogP contribution in [0.25, 0.3) is 6.08 Å². The van der Waals surface area contributed by atoms with E-state index in [4.69, 9.17) is 4.74 Å². The molecule has 17 heavy (non-hydrogen) atoms. The predicted octanol–water partition coefficient (Wildman–Crippen LogP) is 4.60. The van der Waals surface area contributed by atoms with Crippen LogP contribution in [0.4, 0.5) is 0 Å². The van der Waals surface area contributed by atoms with Gasteiger partial charge in [-0.25, -0.2) is 0 Å². The van der Waals surface area contributed by atoms with Gasteiger partial charge in [0.2, 0.25) is 0 Å². The van der Waals surface area contributed by atoms with Crippen molar-refractivity contribution in [2.45, 2.75) is 25.7 Å². The highest BCUT2D eigenvalue weighted by molar-refractivity contribution is 6.76. The summed E-state index contributed by atoms with van der Waals surface area (Å²) < 4.78 is 5.12. The molecule has 0 atom stereocenters. The summed E-state index contributed by atoms with van der Waals surface area (Å²) >= 11 is 0. The van der Waals surface area contributed by atoms with Crippen LogP contribution < -0.4 is 4.74 Å². The maximum atomic E-state index is 5.12. The predicted molar refractivity (Wildman–Crippen MR) is 79.3 cm³/mol. The van der Waals surface area contributed by atoms with E-state index in [9.17, 15) is 0 Å². The quantitative estimate of drug-likeness (QED) is 0.545. The Kier molecular flexibility index (Phi) is 5.23. The van der Waals surface area contributed by atoms with E-state index in [2.05, 4.69) is 56.1 Å². The summed E-state index contributed by atoms with van der Waals surface area (Å²) in [5, 5.41) is 0. The van der Waals surface area contributed by atoms with Gasteiger partial charge in [-0.1, -0.05) is 56.1 Å². The van der Waals surface area contributed by atoms with E-state index in [1.807, 2.05) is 12.1 Å². The van der Waals surface area contributed by atoms with Crippen LogP contribution in [0.1, 0.15) is 5.56 Å². The number of benzene rings is 1. The molecule has 0 saturated carbocycles. The summed E-state index contributed by atoms with van der Waals surface area (Å²) in [6.07, 6.45) is 8.62. The smallest absolute Gasteiger partial charge is 0.118 e. The molecule has 92 valence electrons. The Morgan fingerprint density at radius 1 is 1.06 bits per heavy atom. The fourth-order valence-corrected chi connectivity index (χ4v) is 2.23. The number of rotatable bonds is 5. The third-order valence-electron chi connectivity index (χ3n) is 2.38. The van der Waals surface area contributed by atoms with Crippen molar-refractivity contribution in [2.24, 2.45) is 0 Å². The van der Waals surface area contributed by atoms with E-state index in [0.29, 0.717) is 0 Å². The lowest BCUT2D eigenvalue weighted by molar-refractivity contribution is 0.415. The number of hydrogen-bond acceptors (Lipinski definition) is 1. The van der Waals surface area contributed by atoms with Gasteiger partial charge in [-0.15, -0.1) is 0 Å². The first-order valence-corrected chi connectivity index (χ1v) is 9.69. The van der Waals surface area contributed by atoms with E-state index in [1.165, 1.54) is 11.6 Å². The Balaban J connectivity index is 2.48. The van der Waals surface area contributed by atoms with Crippen molar-refractivity contribution < 1.29 is 4.74 Å². The Morgan fingerprint density at radius 2 is 1.71 bits per heavy atom. The van der Waals surface area contributed by atoms with E-state index in [-0.39, 0.29) is 0 Å². The fourth-order valence-electron chi connectivity index (χ4n) is 1.38. The van der Waals surface area contributed by atoms with Crippen molar-refractivity contribution in [3.05, 3.63) is 48.1 Å². The molecule has 0 unspecified atom stereocenters. The number of methoxy groups -OCH3 is 1. The summed E-state index contributed by atoms with van der Waals surface area (Å²) in [6, 6.07) is 9.31. The van der Waals surface area contributed by atoms with Crippen molar-refractivity contribution >= 4 is 14.1 Å². The van der Waals surface area contributed by atoms with Crippen molar-refractivity contribution in [3.8, 4) is 5.75 Å². The van der Waals surface area contributed by atoms with Crippen LogP contribution in [0.5, 0.6) is 5.75 Å². The van der Waals surface area contributed by atoms with Crippen LogP contribution in [-0.4, -0.2) is 15.2 Å². The molecule has 0 spiro atoms. The fraction of sp³-hybridized carbons (Fsp3) is 0.333. The number of hydrogen-bond donors (Lipinski definition) is 0. The zero-order valence-electron chi connectivity index (χ0n) is 11.2. The van der Waals surface area contributed by atoms with Crippen molar-refractivity contribution in [2.75, 3.05) is 7.11 Å². The van der Waals surface area contributed by atoms with E-state index in [0.717, 1.165) is 5.75 Å². The largest absolute Gasteiger partial charge is 0.497 e. The van der Waals surface area contributed by atoms with Gasteiger partial charge in [-0.2, -0.15) is 0 Å². The van der Waals surface area contributed by atoms with Gasteiger partial charge in [-0.05, 0) is 23.7 Å². The highest BCUT2D eigenvalue weighted by Crippen LogP contribution is 2.12. The molecule has 0 saturated heterocycles. The van der Waals surface area contributed by atoms with Crippen molar-refractivity contribution in [1.29, 1.82) is 0 Å². The monoisotopic (exact) mass is 246 g/mol. The molecule has 1 aromatic rings. The summed E-state index contributed by atoms with van der Waals surface area (Å²) in [6.45, 7) is 7.14. The lowest BCUT2D eigenvalue weighted by atomic mass is 10.2. The Bertz CT molecular complexity index is 382. The van der Waals surface area contributed by atoms with E-state index >= 15 is 0 Å². The van der Waals surface area contributed by atoms with Gasteiger partial charge in [0, 0.05) is 8.07 Å². The second kappa shape index (κ2) is 6.45. The minimum Gasteiger partial charge on any atom is -0.497 e. The summed E-state index contributed by atoms with van der Waals surface area (Å²) in [7, 11) is 0.748.